The molecule has 0 saturated carbocycles. The van der Waals surface area contributed by atoms with Gasteiger partial charge in [-0.1, -0.05) is 28.1 Å². The van der Waals surface area contributed by atoms with Gasteiger partial charge in [-0.05, 0) is 33.6 Å². The number of benzene rings is 1. The van der Waals surface area contributed by atoms with Crippen LogP contribution in [-0.4, -0.2) is 4.57 Å². The number of halogens is 2. The highest BCUT2D eigenvalue weighted by molar-refractivity contribution is 9.10. The van der Waals surface area contributed by atoms with E-state index in [9.17, 15) is 4.79 Å². The molecule has 0 amide bonds. The van der Waals surface area contributed by atoms with Gasteiger partial charge < -0.3 is 10.3 Å². The van der Waals surface area contributed by atoms with Crippen molar-refractivity contribution >= 4 is 37.5 Å². The Labute approximate surface area is 116 Å². The second kappa shape index (κ2) is 5.06. The molecule has 0 saturated heterocycles. The number of nitrogen functional groups attached to an aromatic ring is 1. The average Bonchev–Trinajstić information content (AvgIpc) is 2.26. The van der Waals surface area contributed by atoms with E-state index in [1.54, 1.807) is 12.4 Å². The SMILES string of the molecule is Nc1cn(Cc2cccc(Br)c2)cc(Br)c1=O. The van der Waals surface area contributed by atoms with Crippen LogP contribution in [0.15, 0.2) is 50.4 Å². The maximum Gasteiger partial charge on any atom is 0.218 e. The molecular weight excluding hydrogens is 348 g/mol. The third-order valence-corrected chi connectivity index (χ3v) is 3.38. The number of hydrogen-bond acceptors (Lipinski definition) is 2. The highest BCUT2D eigenvalue weighted by Gasteiger charge is 2.03. The van der Waals surface area contributed by atoms with Crippen LogP contribution in [0.2, 0.25) is 0 Å². The first-order valence-electron chi connectivity index (χ1n) is 4.96. The molecule has 1 heterocycles. The van der Waals surface area contributed by atoms with E-state index in [1.165, 1.54) is 0 Å². The summed E-state index contributed by atoms with van der Waals surface area (Å²) >= 11 is 6.62. The highest BCUT2D eigenvalue weighted by atomic mass is 79.9. The van der Waals surface area contributed by atoms with Crippen molar-refractivity contribution in [2.75, 3.05) is 5.73 Å². The van der Waals surface area contributed by atoms with Gasteiger partial charge in [0.05, 0.1) is 10.2 Å². The summed E-state index contributed by atoms with van der Waals surface area (Å²) in [6.07, 6.45) is 3.38. The average molecular weight is 358 g/mol. The second-order valence-corrected chi connectivity index (χ2v) is 5.46. The van der Waals surface area contributed by atoms with Gasteiger partial charge in [0.1, 0.15) is 0 Å². The Kier molecular flexibility index (Phi) is 3.69. The van der Waals surface area contributed by atoms with E-state index >= 15 is 0 Å². The van der Waals surface area contributed by atoms with E-state index in [0.717, 1.165) is 10.0 Å². The predicted molar refractivity (Wildman–Crippen MR) is 76.1 cm³/mol. The maximum absolute atomic E-state index is 11.4. The van der Waals surface area contributed by atoms with Gasteiger partial charge in [-0.3, -0.25) is 4.79 Å². The molecule has 2 aromatic rings. The maximum atomic E-state index is 11.4. The smallest absolute Gasteiger partial charge is 0.218 e. The zero-order valence-electron chi connectivity index (χ0n) is 8.86. The summed E-state index contributed by atoms with van der Waals surface area (Å²) in [7, 11) is 0. The second-order valence-electron chi connectivity index (χ2n) is 3.69. The van der Waals surface area contributed by atoms with Crippen LogP contribution in [0.5, 0.6) is 0 Å². The Balaban J connectivity index is 2.34. The first kappa shape index (κ1) is 12.4. The molecule has 0 aliphatic rings. The van der Waals surface area contributed by atoms with E-state index in [0.29, 0.717) is 11.0 Å². The first-order valence-corrected chi connectivity index (χ1v) is 6.54. The minimum Gasteiger partial charge on any atom is -0.394 e. The third-order valence-electron chi connectivity index (χ3n) is 2.32. The van der Waals surface area contributed by atoms with Crippen LogP contribution in [0.1, 0.15) is 5.56 Å². The van der Waals surface area contributed by atoms with Crippen LogP contribution in [0.4, 0.5) is 5.69 Å². The van der Waals surface area contributed by atoms with Gasteiger partial charge in [0.25, 0.3) is 0 Å². The van der Waals surface area contributed by atoms with Crippen LogP contribution in [0.3, 0.4) is 0 Å². The molecule has 17 heavy (non-hydrogen) atoms. The molecule has 0 radical (unpaired) electrons. The van der Waals surface area contributed by atoms with Gasteiger partial charge in [0.15, 0.2) is 0 Å². The van der Waals surface area contributed by atoms with Crippen LogP contribution < -0.4 is 11.2 Å². The van der Waals surface area contributed by atoms with Crippen molar-refractivity contribution in [3.63, 3.8) is 0 Å². The number of nitrogens with two attached hydrogens (primary N) is 1. The summed E-state index contributed by atoms with van der Waals surface area (Å²) in [4.78, 5) is 11.4. The van der Waals surface area contributed by atoms with Crippen LogP contribution in [-0.2, 0) is 6.54 Å². The fraction of sp³-hybridized carbons (Fsp3) is 0.0833. The van der Waals surface area contributed by atoms with Crippen molar-refractivity contribution in [2.24, 2.45) is 0 Å². The Morgan fingerprint density at radius 1 is 1.24 bits per heavy atom. The summed E-state index contributed by atoms with van der Waals surface area (Å²) in [5.74, 6) is 0. The molecule has 0 aliphatic heterocycles. The zero-order valence-corrected chi connectivity index (χ0v) is 12.0. The molecule has 0 fully saturated rings. The molecular formula is C12H10Br2N2O. The van der Waals surface area contributed by atoms with Crippen molar-refractivity contribution in [1.29, 1.82) is 0 Å². The molecule has 0 unspecified atom stereocenters. The van der Waals surface area contributed by atoms with E-state index in [-0.39, 0.29) is 11.1 Å². The molecule has 1 aromatic heterocycles. The monoisotopic (exact) mass is 356 g/mol. The highest BCUT2D eigenvalue weighted by Crippen LogP contribution is 2.14. The lowest BCUT2D eigenvalue weighted by atomic mass is 10.2. The molecule has 0 bridgehead atoms. The summed E-state index contributed by atoms with van der Waals surface area (Å²) in [5, 5.41) is 0. The zero-order chi connectivity index (χ0) is 12.4. The topological polar surface area (TPSA) is 48.0 Å². The van der Waals surface area contributed by atoms with Crippen molar-refractivity contribution in [3.8, 4) is 0 Å². The Morgan fingerprint density at radius 2 is 2.00 bits per heavy atom. The summed E-state index contributed by atoms with van der Waals surface area (Å²) in [5.41, 5.74) is 6.84. The molecule has 0 atom stereocenters. The third kappa shape index (κ3) is 2.98. The normalized spacial score (nSPS) is 10.5. The molecule has 2 N–H and O–H groups in total. The minimum absolute atomic E-state index is 0.171. The van der Waals surface area contributed by atoms with Crippen molar-refractivity contribution < 1.29 is 0 Å². The Morgan fingerprint density at radius 3 is 2.65 bits per heavy atom. The van der Waals surface area contributed by atoms with Gasteiger partial charge in [0.2, 0.25) is 5.43 Å². The van der Waals surface area contributed by atoms with Gasteiger partial charge >= 0.3 is 0 Å². The fourth-order valence-corrected chi connectivity index (χ4v) is 2.49. The number of anilines is 1. The lowest BCUT2D eigenvalue weighted by Crippen LogP contribution is -2.13. The fourth-order valence-electron chi connectivity index (χ4n) is 1.55. The van der Waals surface area contributed by atoms with E-state index in [1.807, 2.05) is 28.8 Å². The van der Waals surface area contributed by atoms with Crippen LogP contribution in [0, 0.1) is 0 Å². The van der Waals surface area contributed by atoms with Gasteiger partial charge in [-0.25, -0.2) is 0 Å². The Hall–Kier alpha value is -1.07. The van der Waals surface area contributed by atoms with Gasteiger partial charge in [-0.15, -0.1) is 0 Å². The molecule has 5 heteroatoms. The molecule has 0 aliphatic carbocycles. The summed E-state index contributed by atoms with van der Waals surface area (Å²) in [6, 6.07) is 7.99. The van der Waals surface area contributed by atoms with E-state index in [2.05, 4.69) is 31.9 Å². The quantitative estimate of drug-likeness (QED) is 0.898. The standard InChI is InChI=1S/C12H10Br2N2O/c13-9-3-1-2-8(4-9)5-16-6-10(14)12(17)11(15)7-16/h1-4,6-7H,5,15H2. The largest absolute Gasteiger partial charge is 0.394 e. The Bertz CT molecular complexity index is 581. The molecule has 2 rings (SSSR count). The van der Waals surface area contributed by atoms with Crippen LogP contribution >= 0.6 is 31.9 Å². The molecule has 3 nitrogen and oxygen atoms in total. The van der Waals surface area contributed by atoms with Crippen molar-refractivity contribution in [3.05, 3.63) is 61.4 Å². The van der Waals surface area contributed by atoms with Crippen molar-refractivity contribution in [1.82, 2.24) is 4.57 Å². The number of nitrogens with zero attached hydrogens (tertiary/aromatic N) is 1. The predicted octanol–water partition coefficient (Wildman–Crippen LogP) is 3.00. The lowest BCUT2D eigenvalue weighted by molar-refractivity contribution is 0.787. The number of aromatic nitrogens is 1. The number of hydrogen-bond donors (Lipinski definition) is 1. The minimum atomic E-state index is -0.171. The number of pyridine rings is 1. The van der Waals surface area contributed by atoms with Gasteiger partial charge in [-0.2, -0.15) is 0 Å². The summed E-state index contributed by atoms with van der Waals surface area (Å²) < 4.78 is 3.39. The van der Waals surface area contributed by atoms with Crippen LogP contribution in [0.25, 0.3) is 0 Å². The molecule has 0 spiro atoms. The lowest BCUT2D eigenvalue weighted by Gasteiger charge is -2.08. The van der Waals surface area contributed by atoms with E-state index in [4.69, 9.17) is 5.73 Å². The number of rotatable bonds is 2. The van der Waals surface area contributed by atoms with Crippen molar-refractivity contribution in [2.45, 2.75) is 6.54 Å². The summed E-state index contributed by atoms with van der Waals surface area (Å²) in [6.45, 7) is 0.669. The molecule has 88 valence electrons. The van der Waals surface area contributed by atoms with E-state index < -0.39 is 0 Å². The van der Waals surface area contributed by atoms with Gasteiger partial charge in [0, 0.05) is 23.4 Å². The first-order chi connectivity index (χ1) is 8.06. The molecule has 1 aromatic carbocycles.